The van der Waals surface area contributed by atoms with Crippen LogP contribution in [-0.4, -0.2) is 0 Å². The Morgan fingerprint density at radius 1 is 0.571 bits per heavy atom. The van der Waals surface area contributed by atoms with Crippen LogP contribution in [0, 0.1) is 0 Å². The summed E-state index contributed by atoms with van der Waals surface area (Å²) in [7, 11) is 11.2. The fraction of sp³-hybridized carbons (Fsp3) is 0.400. The molecule has 4 atom stereocenters. The summed E-state index contributed by atoms with van der Waals surface area (Å²) < 4.78 is 0. The molecule has 1 rings (SSSR count). The van der Waals surface area contributed by atoms with Crippen LogP contribution in [0.25, 0.3) is 0 Å². The maximum absolute atomic E-state index is 2.81. The first-order chi connectivity index (χ1) is 6.76. The molecular formula is C10H18P4. The van der Waals surface area contributed by atoms with Crippen LogP contribution in [0.15, 0.2) is 12.1 Å². The highest BCUT2D eigenvalue weighted by Crippen LogP contribution is 2.25. The highest BCUT2D eigenvalue weighted by atomic mass is 31.0. The monoisotopic (exact) mass is 262 g/mol. The molecule has 4 unspecified atom stereocenters. The van der Waals surface area contributed by atoms with Crippen molar-refractivity contribution in [1.82, 2.24) is 0 Å². The summed E-state index contributed by atoms with van der Waals surface area (Å²) in [4.78, 5) is 0. The van der Waals surface area contributed by atoms with Gasteiger partial charge in [0.2, 0.25) is 0 Å². The van der Waals surface area contributed by atoms with Crippen molar-refractivity contribution in [2.75, 3.05) is 0 Å². The van der Waals surface area contributed by atoms with Gasteiger partial charge >= 0.3 is 0 Å². The predicted molar refractivity (Wildman–Crippen MR) is 80.1 cm³/mol. The third kappa shape index (κ3) is 2.97. The average molecular weight is 262 g/mol. The van der Waals surface area contributed by atoms with Crippen LogP contribution in [0.4, 0.5) is 0 Å². The summed E-state index contributed by atoms with van der Waals surface area (Å²) in [6.07, 6.45) is 4.22. The van der Waals surface area contributed by atoms with Crippen LogP contribution in [0.2, 0.25) is 0 Å². The summed E-state index contributed by atoms with van der Waals surface area (Å²) >= 11 is 0. The normalized spacial score (nSPS) is 10.6. The maximum atomic E-state index is 2.81. The molecular weight excluding hydrogens is 244 g/mol. The number of hydrogen-bond acceptors (Lipinski definition) is 0. The van der Waals surface area contributed by atoms with Gasteiger partial charge in [-0.1, -0.05) is 12.1 Å². The van der Waals surface area contributed by atoms with Crippen LogP contribution in [0.3, 0.4) is 0 Å². The largest absolute Gasteiger partial charge is 0.133 e. The molecule has 1 aromatic carbocycles. The van der Waals surface area contributed by atoms with Gasteiger partial charge in [-0.2, -0.15) is 0 Å². The molecule has 0 bridgehead atoms. The third-order valence-electron chi connectivity index (χ3n) is 2.40. The van der Waals surface area contributed by atoms with Crippen LogP contribution in [-0.2, 0) is 24.6 Å². The molecule has 78 valence electrons. The second-order valence-electron chi connectivity index (χ2n) is 3.21. The predicted octanol–water partition coefficient (Wildman–Crippen LogP) is 3.19. The van der Waals surface area contributed by atoms with E-state index in [-0.39, 0.29) is 0 Å². The molecule has 4 heteroatoms. The Balaban J connectivity index is 3.20. The van der Waals surface area contributed by atoms with Crippen LogP contribution in [0.5, 0.6) is 0 Å². The highest BCUT2D eigenvalue weighted by Gasteiger charge is 2.05. The molecule has 0 fully saturated rings. The van der Waals surface area contributed by atoms with Crippen molar-refractivity contribution in [2.24, 2.45) is 0 Å². The zero-order chi connectivity index (χ0) is 10.6. The molecule has 0 nitrogen and oxygen atoms in total. The molecule has 0 radical (unpaired) electrons. The first kappa shape index (κ1) is 13.0. The van der Waals surface area contributed by atoms with E-state index in [1.54, 1.807) is 0 Å². The Morgan fingerprint density at radius 3 is 0.929 bits per heavy atom. The van der Waals surface area contributed by atoms with Gasteiger partial charge in [0.25, 0.3) is 0 Å². The van der Waals surface area contributed by atoms with Crippen molar-refractivity contribution in [3.8, 4) is 0 Å². The first-order valence-electron chi connectivity index (χ1n) is 4.70. The molecule has 0 aliphatic heterocycles. The minimum Gasteiger partial charge on any atom is -0.133 e. The Labute approximate surface area is 96.2 Å². The summed E-state index contributed by atoms with van der Waals surface area (Å²) in [5.41, 5.74) is 5.85. The van der Waals surface area contributed by atoms with Gasteiger partial charge in [0.1, 0.15) is 0 Å². The molecule has 0 amide bonds. The molecule has 0 aromatic heterocycles. The molecule has 0 aliphatic carbocycles. The van der Waals surface area contributed by atoms with E-state index in [2.05, 4.69) is 49.1 Å². The second-order valence-corrected chi connectivity index (χ2v) is 4.84. The lowest BCUT2D eigenvalue weighted by Crippen LogP contribution is -1.95. The minimum absolute atomic E-state index is 1.05. The van der Waals surface area contributed by atoms with E-state index < -0.39 is 0 Å². The molecule has 0 spiro atoms. The topological polar surface area (TPSA) is 0 Å². The zero-order valence-electron chi connectivity index (χ0n) is 8.29. The number of benzene rings is 1. The van der Waals surface area contributed by atoms with E-state index in [1.807, 2.05) is 0 Å². The minimum atomic E-state index is 1.05. The van der Waals surface area contributed by atoms with E-state index >= 15 is 0 Å². The van der Waals surface area contributed by atoms with Gasteiger partial charge in [-0.25, -0.2) is 0 Å². The lowest BCUT2D eigenvalue weighted by atomic mass is 10.0. The Hall–Kier alpha value is 0.940. The van der Waals surface area contributed by atoms with Crippen LogP contribution < -0.4 is 0 Å². The molecule has 14 heavy (non-hydrogen) atoms. The smallest absolute Gasteiger partial charge is 0.0126 e. The van der Waals surface area contributed by atoms with Crippen molar-refractivity contribution in [2.45, 2.75) is 24.6 Å². The van der Waals surface area contributed by atoms with E-state index in [4.69, 9.17) is 0 Å². The van der Waals surface area contributed by atoms with E-state index in [0.717, 1.165) is 24.6 Å². The van der Waals surface area contributed by atoms with Crippen molar-refractivity contribution in [1.29, 1.82) is 0 Å². The highest BCUT2D eigenvalue weighted by molar-refractivity contribution is 7.16. The van der Waals surface area contributed by atoms with Crippen molar-refractivity contribution in [3.05, 3.63) is 34.4 Å². The van der Waals surface area contributed by atoms with Gasteiger partial charge < -0.3 is 0 Å². The van der Waals surface area contributed by atoms with E-state index in [0.29, 0.717) is 0 Å². The molecule has 0 saturated heterocycles. The Kier molecular flexibility index (Phi) is 6.05. The summed E-state index contributed by atoms with van der Waals surface area (Å²) in [6, 6.07) is 4.69. The molecule has 0 heterocycles. The third-order valence-corrected chi connectivity index (χ3v) is 4.16. The Bertz CT molecular complexity index is 251. The van der Waals surface area contributed by atoms with Crippen molar-refractivity contribution in [3.63, 3.8) is 0 Å². The molecule has 0 saturated carbocycles. The molecule has 0 N–H and O–H groups in total. The fourth-order valence-corrected chi connectivity index (χ4v) is 3.07. The number of hydrogen-bond donors (Lipinski definition) is 0. The maximum Gasteiger partial charge on any atom is -0.0126 e. The standard InChI is InChI=1S/C10H18P4/c11-3-7-1-8(4-12)10(6-14)2-9(7)5-13/h1-2H,3-6,11-14H2. The lowest BCUT2D eigenvalue weighted by Gasteiger charge is -2.12. The summed E-state index contributed by atoms with van der Waals surface area (Å²) in [6.45, 7) is 0. The van der Waals surface area contributed by atoms with E-state index in [9.17, 15) is 0 Å². The van der Waals surface area contributed by atoms with Gasteiger partial charge in [0, 0.05) is 0 Å². The second kappa shape index (κ2) is 6.51. The SMILES string of the molecule is PCc1cc(CP)c(CP)cc1CP. The van der Waals surface area contributed by atoms with Crippen molar-refractivity contribution < 1.29 is 0 Å². The molecule has 0 aliphatic rings. The zero-order valence-corrected chi connectivity index (χ0v) is 12.9. The van der Waals surface area contributed by atoms with Gasteiger partial charge in [-0.05, 0) is 46.9 Å². The van der Waals surface area contributed by atoms with Gasteiger partial charge in [0.15, 0.2) is 0 Å². The summed E-state index contributed by atoms with van der Waals surface area (Å²) in [5.74, 6) is 0. The lowest BCUT2D eigenvalue weighted by molar-refractivity contribution is 1.19. The van der Waals surface area contributed by atoms with Crippen LogP contribution >= 0.6 is 37.0 Å². The molecule has 1 aromatic rings. The average Bonchev–Trinajstić information content (AvgIpc) is 2.26. The van der Waals surface area contributed by atoms with Gasteiger partial charge in [-0.3, -0.25) is 0 Å². The Morgan fingerprint density at radius 2 is 0.786 bits per heavy atom. The summed E-state index contributed by atoms with van der Waals surface area (Å²) in [5, 5.41) is 0. The van der Waals surface area contributed by atoms with Crippen LogP contribution in [0.1, 0.15) is 22.3 Å². The van der Waals surface area contributed by atoms with Gasteiger partial charge in [0.05, 0.1) is 0 Å². The van der Waals surface area contributed by atoms with Crippen molar-refractivity contribution >= 4 is 37.0 Å². The fourth-order valence-electron chi connectivity index (χ4n) is 1.55. The quantitative estimate of drug-likeness (QED) is 0.731. The van der Waals surface area contributed by atoms with E-state index in [1.165, 1.54) is 22.3 Å². The number of rotatable bonds is 4. The van der Waals surface area contributed by atoms with Gasteiger partial charge in [-0.15, -0.1) is 37.0 Å². The first-order valence-corrected chi connectivity index (χ1v) is 7.97.